The third-order valence-corrected chi connectivity index (χ3v) is 10.3. The molecular weight excluding hydrogens is 567 g/mol. The number of nitrogens with one attached hydrogen (secondary N) is 2. The van der Waals surface area contributed by atoms with Gasteiger partial charge in [-0.2, -0.15) is 8.42 Å². The van der Waals surface area contributed by atoms with Crippen LogP contribution >= 0.6 is 22.9 Å². The Morgan fingerprint density at radius 3 is 2.73 bits per heavy atom. The van der Waals surface area contributed by atoms with E-state index in [9.17, 15) is 30.8 Å². The summed E-state index contributed by atoms with van der Waals surface area (Å²) in [6, 6.07) is 3.49. The molecule has 37 heavy (non-hydrogen) atoms. The summed E-state index contributed by atoms with van der Waals surface area (Å²) in [6.07, 6.45) is 2.83. The van der Waals surface area contributed by atoms with Crippen molar-refractivity contribution in [2.75, 3.05) is 11.6 Å². The summed E-state index contributed by atoms with van der Waals surface area (Å²) in [7, 11) is -7.91. The van der Waals surface area contributed by atoms with Crippen LogP contribution in [0.1, 0.15) is 30.4 Å². The van der Waals surface area contributed by atoms with Crippen molar-refractivity contribution in [3.63, 3.8) is 0 Å². The number of Topliss-reactive ketones (excluding diaryl/α,β-unsaturated/α-hetero) is 1. The van der Waals surface area contributed by atoms with E-state index in [4.69, 9.17) is 11.6 Å². The van der Waals surface area contributed by atoms with Crippen molar-refractivity contribution in [3.05, 3.63) is 45.5 Å². The molecule has 1 aliphatic carbocycles. The molecule has 0 radical (unpaired) electrons. The molecule has 3 heterocycles. The number of hydrogen-bond acceptors (Lipinski definition) is 8. The molecule has 2 N–H and O–H groups in total. The molecule has 1 saturated heterocycles. The number of likely N-dealkylation sites (tertiary alicyclic amines) is 1. The lowest BCUT2D eigenvalue weighted by atomic mass is 9.81. The maximum absolute atomic E-state index is 13.7. The number of rotatable bonds is 6. The summed E-state index contributed by atoms with van der Waals surface area (Å²) in [4.78, 5) is 28.5. The Morgan fingerprint density at radius 1 is 1.27 bits per heavy atom. The zero-order valence-corrected chi connectivity index (χ0v) is 22.6. The highest BCUT2D eigenvalue weighted by molar-refractivity contribution is 7.91. The van der Waals surface area contributed by atoms with E-state index in [-0.39, 0.29) is 45.4 Å². The van der Waals surface area contributed by atoms with E-state index in [2.05, 4.69) is 14.4 Å². The predicted octanol–water partition coefficient (Wildman–Crippen LogP) is 2.50. The molecule has 2 fully saturated rings. The van der Waals surface area contributed by atoms with Gasteiger partial charge >= 0.3 is 0 Å². The van der Waals surface area contributed by atoms with Gasteiger partial charge in [0.25, 0.3) is 10.0 Å². The lowest BCUT2D eigenvalue weighted by Gasteiger charge is -2.41. The smallest absolute Gasteiger partial charge is 0.287 e. The average molecular weight is 589 g/mol. The van der Waals surface area contributed by atoms with Crippen molar-refractivity contribution >= 4 is 65.5 Å². The molecule has 15 heteroatoms. The number of hydrogen-bond donors (Lipinski definition) is 2. The van der Waals surface area contributed by atoms with Crippen LogP contribution in [0.5, 0.6) is 0 Å². The monoisotopic (exact) mass is 588 g/mol. The van der Waals surface area contributed by atoms with Crippen LogP contribution in [0.15, 0.2) is 32.9 Å². The molecule has 198 valence electrons. The summed E-state index contributed by atoms with van der Waals surface area (Å²) < 4.78 is 68.8. The average Bonchev–Trinajstić information content (AvgIpc) is 3.44. The second-order valence-corrected chi connectivity index (χ2v) is 13.9. The summed E-state index contributed by atoms with van der Waals surface area (Å²) in [5.41, 5.74) is 0.704. The summed E-state index contributed by atoms with van der Waals surface area (Å²) in [6.45, 7) is -0.220. The number of carbonyl (C=O) groups excluding carboxylic acids is 2. The summed E-state index contributed by atoms with van der Waals surface area (Å²) in [5, 5.41) is 4.62. The normalized spacial score (nSPS) is 24.9. The van der Waals surface area contributed by atoms with Gasteiger partial charge in [0.1, 0.15) is 21.5 Å². The zero-order chi connectivity index (χ0) is 26.7. The first kappa shape index (κ1) is 26.2. The molecule has 5 rings (SSSR count). The highest BCUT2D eigenvalue weighted by Crippen LogP contribution is 2.42. The van der Waals surface area contributed by atoms with Crippen molar-refractivity contribution in [2.24, 2.45) is 16.2 Å². The van der Waals surface area contributed by atoms with Crippen LogP contribution in [0.25, 0.3) is 0 Å². The van der Waals surface area contributed by atoms with Gasteiger partial charge in [-0.25, -0.2) is 17.5 Å². The van der Waals surface area contributed by atoms with Crippen LogP contribution in [0, 0.1) is 17.7 Å². The Bertz CT molecular complexity index is 1560. The van der Waals surface area contributed by atoms with E-state index >= 15 is 0 Å². The van der Waals surface area contributed by atoms with E-state index in [1.54, 1.807) is 0 Å². The third kappa shape index (κ3) is 4.92. The van der Waals surface area contributed by atoms with E-state index in [0.717, 1.165) is 30.1 Å². The van der Waals surface area contributed by atoms with Gasteiger partial charge in [-0.15, -0.1) is 15.7 Å². The molecule has 3 unspecified atom stereocenters. The maximum Gasteiger partial charge on any atom is 0.287 e. The molecule has 0 bridgehead atoms. The van der Waals surface area contributed by atoms with Crippen molar-refractivity contribution in [1.82, 2.24) is 9.62 Å². The fourth-order valence-electron chi connectivity index (χ4n) is 5.11. The van der Waals surface area contributed by atoms with Crippen LogP contribution in [0.2, 0.25) is 5.02 Å². The molecule has 3 aliphatic rings. The number of benzene rings is 1. The lowest BCUT2D eigenvalue weighted by Crippen LogP contribution is -2.58. The number of halogens is 2. The second kappa shape index (κ2) is 9.42. The Balaban J connectivity index is 1.49. The van der Waals surface area contributed by atoms with E-state index in [0.29, 0.717) is 18.4 Å². The number of amides is 1. The van der Waals surface area contributed by atoms with Crippen molar-refractivity contribution < 1.29 is 30.8 Å². The van der Waals surface area contributed by atoms with Crippen molar-refractivity contribution in [3.8, 4) is 0 Å². The van der Waals surface area contributed by atoms with Gasteiger partial charge in [0.2, 0.25) is 15.9 Å². The van der Waals surface area contributed by atoms with Crippen LogP contribution in [-0.4, -0.2) is 51.6 Å². The Labute approximate surface area is 222 Å². The first-order chi connectivity index (χ1) is 17.4. The van der Waals surface area contributed by atoms with Gasteiger partial charge < -0.3 is 10.2 Å². The number of carbonyl (C=O) groups is 2. The number of amidine groups is 1. The zero-order valence-electron chi connectivity index (χ0n) is 19.4. The minimum atomic E-state index is -4.34. The number of sulfonamides is 2. The van der Waals surface area contributed by atoms with E-state index in [1.165, 1.54) is 22.4 Å². The predicted molar refractivity (Wildman–Crippen MR) is 136 cm³/mol. The topological polar surface area (TPSA) is 142 Å². The number of piperidine rings is 1. The lowest BCUT2D eigenvalue weighted by molar-refractivity contribution is -0.149. The molecule has 1 amide bonds. The fraction of sp³-hybridized carbons (Fsp3) is 0.409. The molecule has 2 aliphatic heterocycles. The van der Waals surface area contributed by atoms with Crippen LogP contribution in [0.4, 0.5) is 9.39 Å². The van der Waals surface area contributed by atoms with E-state index < -0.39 is 49.4 Å². The van der Waals surface area contributed by atoms with Gasteiger partial charge in [-0.05, 0) is 35.9 Å². The largest absolute Gasteiger partial charge is 0.334 e. The molecule has 1 aromatic heterocycles. The molecule has 1 saturated carbocycles. The van der Waals surface area contributed by atoms with E-state index in [1.807, 2.05) is 0 Å². The number of ketones is 1. The number of fused-ring (bicyclic) bond motifs is 2. The number of thiophene rings is 1. The molecule has 3 atom stereocenters. The highest BCUT2D eigenvalue weighted by Gasteiger charge is 2.52. The molecular formula is C22H22ClFN4O6S3. The standard InChI is InChI=1S/C22H22ClFN4O6S3/c1-36(31,32)25-8-12-10-35-21-19(12)37(33,34)27-20(26-21)17-18(29)14-3-2-4-16(14)28(22(17)30)9-11-5-6-13(24)7-15(11)23/h5-7,10,14,16-17,25H,2-4,8-9H2,1H3,(H,26,27). The highest BCUT2D eigenvalue weighted by atomic mass is 35.5. The Hall–Kier alpha value is -2.39. The quantitative estimate of drug-likeness (QED) is 0.494. The minimum Gasteiger partial charge on any atom is -0.334 e. The summed E-state index contributed by atoms with van der Waals surface area (Å²) >= 11 is 7.21. The molecule has 2 aromatic rings. The third-order valence-electron chi connectivity index (χ3n) is 6.75. The van der Waals surface area contributed by atoms with Gasteiger partial charge in [0.15, 0.2) is 11.7 Å². The van der Waals surface area contributed by atoms with Crippen LogP contribution < -0.4 is 10.0 Å². The SMILES string of the molecule is CS(=O)(=O)NCc1csc2c1S(=O)(=O)N=C(C1C(=O)C3CCCC3N(Cc3ccc(F)cc3Cl)C1=O)N2. The van der Waals surface area contributed by atoms with Crippen LogP contribution in [0.3, 0.4) is 0 Å². The van der Waals surface area contributed by atoms with Crippen LogP contribution in [-0.2, 0) is 42.7 Å². The summed E-state index contributed by atoms with van der Waals surface area (Å²) in [5.74, 6) is -3.75. The van der Waals surface area contributed by atoms with Gasteiger partial charge in [0.05, 0.1) is 6.26 Å². The number of nitrogens with zero attached hydrogens (tertiary/aromatic N) is 2. The maximum atomic E-state index is 13.7. The Morgan fingerprint density at radius 2 is 2.03 bits per heavy atom. The molecule has 1 aromatic carbocycles. The van der Waals surface area contributed by atoms with Crippen molar-refractivity contribution in [2.45, 2.75) is 43.3 Å². The fourth-order valence-corrected chi connectivity index (χ4v) is 8.40. The first-order valence-corrected chi connectivity index (χ1v) is 15.9. The van der Waals surface area contributed by atoms with Gasteiger partial charge in [-0.1, -0.05) is 24.1 Å². The number of anilines is 1. The molecule has 10 nitrogen and oxygen atoms in total. The van der Waals surface area contributed by atoms with Gasteiger partial charge in [0, 0.05) is 35.6 Å². The Kier molecular flexibility index (Phi) is 6.67. The van der Waals surface area contributed by atoms with Crippen molar-refractivity contribution in [1.29, 1.82) is 0 Å². The minimum absolute atomic E-state index is 0.0362. The molecule has 0 spiro atoms. The van der Waals surface area contributed by atoms with Gasteiger partial charge in [-0.3, -0.25) is 9.59 Å². The first-order valence-electron chi connectivity index (χ1n) is 11.3. The second-order valence-electron chi connectivity index (χ2n) is 9.23.